The van der Waals surface area contributed by atoms with Gasteiger partial charge in [0.1, 0.15) is 0 Å². The van der Waals surface area contributed by atoms with E-state index in [1.807, 2.05) is 61.5 Å². The van der Waals surface area contributed by atoms with Gasteiger partial charge in [-0.25, -0.2) is 6.57 Å². The van der Waals surface area contributed by atoms with Crippen LogP contribution in [0, 0.1) is 13.5 Å². The first-order chi connectivity index (χ1) is 11.1. The Morgan fingerprint density at radius 3 is 2.57 bits per heavy atom. The van der Waals surface area contributed by atoms with E-state index in [1.165, 1.54) is 0 Å². The molecule has 0 amide bonds. The molecule has 0 N–H and O–H groups in total. The van der Waals surface area contributed by atoms with Gasteiger partial charge in [-0.3, -0.25) is 9.05 Å². The normalized spacial score (nSPS) is 24.3. The van der Waals surface area contributed by atoms with Crippen molar-refractivity contribution in [1.29, 1.82) is 0 Å². The smallest absolute Gasteiger partial charge is 0.282 e. The van der Waals surface area contributed by atoms with E-state index in [0.29, 0.717) is 13.0 Å². The first-order valence-electron chi connectivity index (χ1n) is 7.43. The molecule has 0 radical (unpaired) electrons. The molecule has 0 saturated carbocycles. The lowest BCUT2D eigenvalue weighted by atomic mass is 9.98. The average Bonchev–Trinajstić information content (AvgIpc) is 3.00. The summed E-state index contributed by atoms with van der Waals surface area (Å²) < 4.78 is 13.0. The second-order valence-corrected chi connectivity index (χ2v) is 7.31. The van der Waals surface area contributed by atoms with E-state index in [4.69, 9.17) is 6.57 Å². The molecule has 1 aliphatic rings. The number of hydrogen-bond acceptors (Lipinski definition) is 3. The van der Waals surface area contributed by atoms with Crippen molar-refractivity contribution in [2.45, 2.75) is 29.2 Å². The predicted octanol–water partition coefficient (Wildman–Crippen LogP) is 3.80. The first-order valence-corrected chi connectivity index (χ1v) is 8.64. The minimum atomic E-state index is -1.31. The Labute approximate surface area is 138 Å². The third-order valence-corrected chi connectivity index (χ3v) is 5.80. The summed E-state index contributed by atoms with van der Waals surface area (Å²) in [6.45, 7) is 9.98. The highest BCUT2D eigenvalue weighted by atomic mass is 32.2. The molecular formula is C18H17N3OS. The molecule has 116 valence electrons. The Kier molecular flexibility index (Phi) is 4.35. The third kappa shape index (κ3) is 3.08. The fraction of sp³-hybridized carbons (Fsp3) is 0.278. The molecular weight excluding hydrogens is 306 g/mol. The number of rotatable bonds is 4. The van der Waals surface area contributed by atoms with Crippen LogP contribution in [0.5, 0.6) is 0 Å². The summed E-state index contributed by atoms with van der Waals surface area (Å²) in [5.74, 6) is 0. The van der Waals surface area contributed by atoms with Gasteiger partial charge in [-0.2, -0.15) is 5.11 Å². The first kappa shape index (κ1) is 15.6. The third-order valence-electron chi connectivity index (χ3n) is 4.02. The van der Waals surface area contributed by atoms with Gasteiger partial charge in [0, 0.05) is 4.90 Å². The molecule has 1 heterocycles. The fourth-order valence-corrected chi connectivity index (χ4v) is 4.16. The van der Waals surface area contributed by atoms with E-state index in [-0.39, 0.29) is 0 Å². The second-order valence-electron chi connectivity index (χ2n) is 5.68. The van der Waals surface area contributed by atoms with Crippen LogP contribution in [-0.4, -0.2) is 21.7 Å². The van der Waals surface area contributed by atoms with Gasteiger partial charge in [0.25, 0.3) is 0 Å². The van der Waals surface area contributed by atoms with Crippen LogP contribution in [0.25, 0.3) is 4.85 Å². The van der Waals surface area contributed by atoms with E-state index in [9.17, 15) is 4.21 Å². The molecule has 2 aromatic rings. The summed E-state index contributed by atoms with van der Waals surface area (Å²) in [6, 6.07) is 17.3. The molecule has 3 atom stereocenters. The number of hydrogen-bond donors (Lipinski definition) is 0. The van der Waals surface area contributed by atoms with Gasteiger partial charge < -0.3 is 0 Å². The van der Waals surface area contributed by atoms with Crippen molar-refractivity contribution in [2.24, 2.45) is 10.2 Å². The van der Waals surface area contributed by atoms with Gasteiger partial charge >= 0.3 is 5.66 Å². The summed E-state index contributed by atoms with van der Waals surface area (Å²) in [7, 11) is -1.31. The maximum Gasteiger partial charge on any atom is 0.360 e. The lowest BCUT2D eigenvalue weighted by molar-refractivity contribution is 0.529. The van der Waals surface area contributed by atoms with Crippen LogP contribution < -0.4 is 0 Å². The molecule has 0 spiro atoms. The van der Waals surface area contributed by atoms with Gasteiger partial charge in [-0.1, -0.05) is 48.0 Å². The minimum Gasteiger partial charge on any atom is -0.282 e. The molecule has 0 aliphatic carbocycles. The molecule has 0 fully saturated rings. The van der Waals surface area contributed by atoms with E-state index in [0.717, 1.165) is 16.0 Å². The van der Waals surface area contributed by atoms with Crippen LogP contribution in [0.1, 0.15) is 11.1 Å². The van der Waals surface area contributed by atoms with Crippen LogP contribution in [0.4, 0.5) is 0 Å². The molecule has 4 nitrogen and oxygen atoms in total. The summed E-state index contributed by atoms with van der Waals surface area (Å²) in [6.07, 6.45) is 0.434. The van der Waals surface area contributed by atoms with Gasteiger partial charge in [-0.05, 0) is 24.6 Å². The zero-order valence-electron chi connectivity index (χ0n) is 12.8. The Hall–Kier alpha value is -2.32. The van der Waals surface area contributed by atoms with Crippen molar-refractivity contribution in [2.75, 3.05) is 6.54 Å². The number of nitrogens with zero attached hydrogens (tertiary/aromatic N) is 3. The Morgan fingerprint density at radius 2 is 1.91 bits per heavy atom. The topological polar surface area (TPSA) is 46.1 Å². The van der Waals surface area contributed by atoms with Crippen LogP contribution in [0.15, 0.2) is 69.7 Å². The fourth-order valence-electron chi connectivity index (χ4n) is 2.70. The van der Waals surface area contributed by atoms with Crippen LogP contribution in [-0.2, 0) is 17.2 Å². The number of aryl methyl sites for hydroxylation is 1. The molecule has 0 saturated heterocycles. The molecule has 23 heavy (non-hydrogen) atoms. The van der Waals surface area contributed by atoms with E-state index in [1.54, 1.807) is 0 Å². The van der Waals surface area contributed by atoms with Gasteiger partial charge in [0.2, 0.25) is 0 Å². The molecule has 5 heteroatoms. The van der Waals surface area contributed by atoms with Gasteiger partial charge in [0.05, 0.1) is 23.8 Å². The van der Waals surface area contributed by atoms with E-state index in [2.05, 4.69) is 15.1 Å². The summed E-state index contributed by atoms with van der Waals surface area (Å²) in [4.78, 5) is 4.49. The average molecular weight is 323 g/mol. The largest absolute Gasteiger partial charge is 0.360 e. The number of azo groups is 1. The molecule has 0 unspecified atom stereocenters. The monoisotopic (exact) mass is 323 g/mol. The molecule has 0 aromatic heterocycles. The Bertz CT molecular complexity index is 780. The Morgan fingerprint density at radius 1 is 1.22 bits per heavy atom. The van der Waals surface area contributed by atoms with Gasteiger partial charge in [-0.15, -0.1) is 5.11 Å². The van der Waals surface area contributed by atoms with Crippen LogP contribution in [0.2, 0.25) is 0 Å². The van der Waals surface area contributed by atoms with Crippen LogP contribution >= 0.6 is 0 Å². The lowest BCUT2D eigenvalue weighted by Gasteiger charge is -2.20. The lowest BCUT2D eigenvalue weighted by Crippen LogP contribution is -2.41. The SMILES string of the molecule is [C-]#[N+][C@@]1(Cc2ccccc2)N=NC[C@H]1[S@@](=O)c1ccc(C)cc1. The van der Waals surface area contributed by atoms with Crippen molar-refractivity contribution in [3.05, 3.63) is 77.1 Å². The standard InChI is InChI=1S/C18H17N3OS/c1-14-8-10-16(11-9-14)23(22)17-13-20-21-18(17,19-2)12-15-6-4-3-5-7-15/h3-11,17H,12-13H2,1H3/t17-,18+,23+/m1/s1. The zero-order valence-corrected chi connectivity index (χ0v) is 13.7. The maximum atomic E-state index is 13.0. The highest BCUT2D eigenvalue weighted by molar-refractivity contribution is 7.85. The van der Waals surface area contributed by atoms with Crippen molar-refractivity contribution < 1.29 is 4.21 Å². The highest BCUT2D eigenvalue weighted by Crippen LogP contribution is 2.34. The van der Waals surface area contributed by atoms with Gasteiger partial charge in [0.15, 0.2) is 5.25 Å². The minimum absolute atomic E-state index is 0.329. The van der Waals surface area contributed by atoms with Crippen molar-refractivity contribution in [3.63, 3.8) is 0 Å². The van der Waals surface area contributed by atoms with E-state index < -0.39 is 21.7 Å². The van der Waals surface area contributed by atoms with E-state index >= 15 is 0 Å². The summed E-state index contributed by atoms with van der Waals surface area (Å²) in [5, 5.41) is 7.86. The van der Waals surface area contributed by atoms with Crippen molar-refractivity contribution in [3.8, 4) is 0 Å². The predicted molar refractivity (Wildman–Crippen MR) is 90.6 cm³/mol. The maximum absolute atomic E-state index is 13.0. The second kappa shape index (κ2) is 6.43. The highest BCUT2D eigenvalue weighted by Gasteiger charge is 2.53. The molecule has 2 aromatic carbocycles. The quantitative estimate of drug-likeness (QED) is 0.790. The molecule has 3 rings (SSSR count). The van der Waals surface area contributed by atoms with Crippen LogP contribution in [0.3, 0.4) is 0 Å². The summed E-state index contributed by atoms with van der Waals surface area (Å²) >= 11 is 0. The molecule has 0 bridgehead atoms. The van der Waals surface area contributed by atoms with Crippen molar-refractivity contribution in [1.82, 2.24) is 0 Å². The molecule has 1 aliphatic heterocycles. The number of benzene rings is 2. The zero-order chi connectivity index (χ0) is 16.3. The van der Waals surface area contributed by atoms with Crippen molar-refractivity contribution >= 4 is 10.8 Å². The Balaban J connectivity index is 1.90. The summed E-state index contributed by atoms with van der Waals surface area (Å²) in [5.41, 5.74) is 1.06.